The van der Waals surface area contributed by atoms with E-state index in [-0.39, 0.29) is 11.0 Å². The summed E-state index contributed by atoms with van der Waals surface area (Å²) in [4.78, 5) is 4.19. The second-order valence-electron chi connectivity index (χ2n) is 7.09. The van der Waals surface area contributed by atoms with Gasteiger partial charge < -0.3 is 5.32 Å². The molecule has 0 aromatic carbocycles. The predicted molar refractivity (Wildman–Crippen MR) is 85.1 cm³/mol. The van der Waals surface area contributed by atoms with E-state index in [4.69, 9.17) is 0 Å². The molecule has 1 aliphatic heterocycles. The maximum Gasteiger partial charge on any atom is 0.0252 e. The highest BCUT2D eigenvalue weighted by Crippen LogP contribution is 2.30. The quantitative estimate of drug-likeness (QED) is 0.908. The maximum atomic E-state index is 3.67. The fraction of sp³-hybridized carbons (Fsp3) is 0.750. The van der Waals surface area contributed by atoms with E-state index in [1.54, 1.807) is 0 Å². The van der Waals surface area contributed by atoms with E-state index in [0.717, 1.165) is 19.6 Å². The summed E-state index contributed by atoms with van der Waals surface area (Å²) in [7, 11) is 0. The van der Waals surface area contributed by atoms with Crippen molar-refractivity contribution < 1.29 is 0 Å². The van der Waals surface area contributed by atoms with Crippen molar-refractivity contribution in [2.24, 2.45) is 0 Å². The molecule has 1 aliphatic rings. The van der Waals surface area contributed by atoms with Gasteiger partial charge in [0, 0.05) is 41.5 Å². The van der Waals surface area contributed by atoms with E-state index in [1.165, 1.54) is 11.3 Å². The summed E-state index contributed by atoms with van der Waals surface area (Å²) in [5, 5.41) is 5.86. The Morgan fingerprint density at radius 2 is 2.21 bits per heavy atom. The van der Waals surface area contributed by atoms with Gasteiger partial charge in [-0.1, -0.05) is 26.8 Å². The SMILES string of the molecule is CCC1CNC(C)(C)CN1CC(C)(C)c1cccs1. The second-order valence-corrected chi connectivity index (χ2v) is 8.04. The summed E-state index contributed by atoms with van der Waals surface area (Å²) in [5.41, 5.74) is 0.478. The molecule has 1 aromatic rings. The van der Waals surface area contributed by atoms with Crippen molar-refractivity contribution >= 4 is 11.3 Å². The van der Waals surface area contributed by atoms with E-state index in [1.807, 2.05) is 11.3 Å². The molecular weight excluding hydrogens is 252 g/mol. The Kier molecular flexibility index (Phi) is 4.38. The van der Waals surface area contributed by atoms with Gasteiger partial charge in [0.1, 0.15) is 0 Å². The first-order valence-electron chi connectivity index (χ1n) is 7.37. The fourth-order valence-corrected chi connectivity index (χ4v) is 3.90. The Bertz CT molecular complexity index is 395. The zero-order valence-electron chi connectivity index (χ0n) is 13.0. The van der Waals surface area contributed by atoms with Gasteiger partial charge in [0.25, 0.3) is 0 Å². The first-order valence-corrected chi connectivity index (χ1v) is 8.25. The van der Waals surface area contributed by atoms with E-state index < -0.39 is 0 Å². The van der Waals surface area contributed by atoms with Crippen LogP contribution >= 0.6 is 11.3 Å². The Morgan fingerprint density at radius 3 is 2.79 bits per heavy atom. The van der Waals surface area contributed by atoms with E-state index in [0.29, 0.717) is 6.04 Å². The third-order valence-electron chi connectivity index (χ3n) is 4.19. The molecule has 1 atom stereocenters. The van der Waals surface area contributed by atoms with Crippen molar-refractivity contribution in [3.63, 3.8) is 0 Å². The lowest BCUT2D eigenvalue weighted by Crippen LogP contribution is -2.62. The molecule has 1 aromatic heterocycles. The molecule has 0 bridgehead atoms. The van der Waals surface area contributed by atoms with Crippen LogP contribution in [0.25, 0.3) is 0 Å². The smallest absolute Gasteiger partial charge is 0.0252 e. The average molecular weight is 280 g/mol. The van der Waals surface area contributed by atoms with E-state index in [9.17, 15) is 0 Å². The predicted octanol–water partition coefficient (Wildman–Crippen LogP) is 3.49. The minimum absolute atomic E-state index is 0.233. The van der Waals surface area contributed by atoms with Crippen molar-refractivity contribution in [3.8, 4) is 0 Å². The Morgan fingerprint density at radius 1 is 1.47 bits per heavy atom. The summed E-state index contributed by atoms with van der Waals surface area (Å²) in [6.45, 7) is 15.1. The average Bonchev–Trinajstić information content (AvgIpc) is 2.81. The Balaban J connectivity index is 2.11. The van der Waals surface area contributed by atoms with Crippen molar-refractivity contribution in [3.05, 3.63) is 22.4 Å². The van der Waals surface area contributed by atoms with Gasteiger partial charge in [0.05, 0.1) is 0 Å². The lowest BCUT2D eigenvalue weighted by Gasteiger charge is -2.47. The van der Waals surface area contributed by atoms with Crippen LogP contribution in [0.1, 0.15) is 45.9 Å². The summed E-state index contributed by atoms with van der Waals surface area (Å²) in [6, 6.07) is 5.12. The largest absolute Gasteiger partial charge is 0.309 e. The van der Waals surface area contributed by atoms with Crippen LogP contribution in [0.4, 0.5) is 0 Å². The molecule has 1 N–H and O–H groups in total. The highest BCUT2D eigenvalue weighted by Gasteiger charge is 2.35. The minimum Gasteiger partial charge on any atom is -0.309 e. The molecule has 2 heterocycles. The number of thiophene rings is 1. The van der Waals surface area contributed by atoms with Crippen molar-refractivity contribution in [2.45, 2.75) is 58.0 Å². The molecule has 19 heavy (non-hydrogen) atoms. The van der Waals surface area contributed by atoms with Gasteiger partial charge in [-0.15, -0.1) is 11.3 Å². The summed E-state index contributed by atoms with van der Waals surface area (Å²) in [6.07, 6.45) is 1.23. The lowest BCUT2D eigenvalue weighted by molar-refractivity contribution is 0.0749. The molecule has 0 spiro atoms. The molecule has 2 rings (SSSR count). The highest BCUT2D eigenvalue weighted by molar-refractivity contribution is 7.10. The van der Waals surface area contributed by atoms with Crippen LogP contribution in [0.5, 0.6) is 0 Å². The van der Waals surface area contributed by atoms with Crippen LogP contribution < -0.4 is 5.32 Å². The minimum atomic E-state index is 0.233. The van der Waals surface area contributed by atoms with Gasteiger partial charge in [0.15, 0.2) is 0 Å². The van der Waals surface area contributed by atoms with Gasteiger partial charge in [-0.3, -0.25) is 4.90 Å². The molecule has 3 heteroatoms. The van der Waals surface area contributed by atoms with Crippen LogP contribution in [-0.2, 0) is 5.41 Å². The molecule has 0 amide bonds. The summed E-state index contributed by atoms with van der Waals surface area (Å²) in [5.74, 6) is 0. The molecule has 1 saturated heterocycles. The number of nitrogens with one attached hydrogen (secondary N) is 1. The van der Waals surface area contributed by atoms with Crippen LogP contribution in [0.15, 0.2) is 17.5 Å². The monoisotopic (exact) mass is 280 g/mol. The zero-order valence-corrected chi connectivity index (χ0v) is 13.8. The first-order chi connectivity index (χ1) is 8.84. The van der Waals surface area contributed by atoms with Gasteiger partial charge in [0.2, 0.25) is 0 Å². The number of nitrogens with zero attached hydrogens (tertiary/aromatic N) is 1. The van der Waals surface area contributed by atoms with Crippen LogP contribution in [0, 0.1) is 0 Å². The third kappa shape index (κ3) is 3.59. The molecular formula is C16H28N2S. The van der Waals surface area contributed by atoms with Gasteiger partial charge in [-0.25, -0.2) is 0 Å². The number of piperazine rings is 1. The molecule has 1 unspecified atom stereocenters. The first kappa shape index (κ1) is 15.0. The standard InChI is InChI=1S/C16H28N2S/c1-6-13-10-17-16(4,5)12-18(13)11-15(2,3)14-8-7-9-19-14/h7-9,13,17H,6,10-12H2,1-5H3. The van der Waals surface area contributed by atoms with Gasteiger partial charge in [-0.05, 0) is 31.7 Å². The van der Waals surface area contributed by atoms with Gasteiger partial charge in [-0.2, -0.15) is 0 Å². The maximum absolute atomic E-state index is 3.67. The second kappa shape index (κ2) is 5.55. The Labute approximate surface area is 122 Å². The molecule has 108 valence electrons. The van der Waals surface area contributed by atoms with E-state index in [2.05, 4.69) is 62.3 Å². The van der Waals surface area contributed by atoms with Crippen LogP contribution in [0.3, 0.4) is 0 Å². The van der Waals surface area contributed by atoms with Crippen LogP contribution in [0.2, 0.25) is 0 Å². The summed E-state index contributed by atoms with van der Waals surface area (Å²) < 4.78 is 0. The fourth-order valence-electron chi connectivity index (χ4n) is 3.05. The Hall–Kier alpha value is -0.380. The van der Waals surface area contributed by atoms with Crippen molar-refractivity contribution in [1.82, 2.24) is 10.2 Å². The normalized spacial score (nSPS) is 24.6. The lowest BCUT2D eigenvalue weighted by atomic mass is 9.88. The number of hydrogen-bond donors (Lipinski definition) is 1. The van der Waals surface area contributed by atoms with Crippen LogP contribution in [-0.4, -0.2) is 36.1 Å². The topological polar surface area (TPSA) is 15.3 Å². The molecule has 2 nitrogen and oxygen atoms in total. The molecule has 0 radical (unpaired) electrons. The molecule has 1 fully saturated rings. The number of hydrogen-bond acceptors (Lipinski definition) is 3. The van der Waals surface area contributed by atoms with E-state index >= 15 is 0 Å². The summed E-state index contributed by atoms with van der Waals surface area (Å²) >= 11 is 1.88. The third-order valence-corrected chi connectivity index (χ3v) is 5.42. The van der Waals surface area contributed by atoms with Gasteiger partial charge >= 0.3 is 0 Å². The molecule has 0 aliphatic carbocycles. The van der Waals surface area contributed by atoms with Crippen molar-refractivity contribution in [2.75, 3.05) is 19.6 Å². The van der Waals surface area contributed by atoms with Crippen molar-refractivity contribution in [1.29, 1.82) is 0 Å². The number of rotatable bonds is 4. The molecule has 0 saturated carbocycles. The highest BCUT2D eigenvalue weighted by atomic mass is 32.1. The zero-order chi connectivity index (χ0) is 14.1.